The average Bonchev–Trinajstić information content (AvgIpc) is 2.95. The third kappa shape index (κ3) is 3.17. The Balaban J connectivity index is 1.77. The number of hydrogen-bond acceptors (Lipinski definition) is 5. The normalized spacial score (nSPS) is 39.0. The summed E-state index contributed by atoms with van der Waals surface area (Å²) in [5.74, 6) is 0. The Morgan fingerprint density at radius 1 is 1.12 bits per heavy atom. The molecule has 100 valence electrons. The van der Waals surface area contributed by atoms with Crippen LogP contribution in [0.4, 0.5) is 0 Å². The molecule has 2 fully saturated rings. The molecule has 2 N–H and O–H groups in total. The largest absolute Gasteiger partial charge is 0.377 e. The fraction of sp³-hybridized carbons (Fsp3) is 1.00. The number of methoxy groups -OCH3 is 2. The first-order valence-corrected chi connectivity index (χ1v) is 6.40. The maximum absolute atomic E-state index is 5.86. The Kier molecular flexibility index (Phi) is 4.76. The lowest BCUT2D eigenvalue weighted by Gasteiger charge is -2.20. The highest BCUT2D eigenvalue weighted by atomic mass is 16.5. The molecule has 2 saturated heterocycles. The van der Waals surface area contributed by atoms with E-state index in [9.17, 15) is 0 Å². The maximum Gasteiger partial charge on any atom is 0.0971 e. The van der Waals surface area contributed by atoms with Crippen molar-refractivity contribution < 1.29 is 14.2 Å². The van der Waals surface area contributed by atoms with Crippen LogP contribution in [-0.4, -0.2) is 69.7 Å². The molecule has 4 unspecified atom stereocenters. The van der Waals surface area contributed by atoms with Crippen molar-refractivity contribution in [2.75, 3.05) is 40.4 Å². The Hall–Kier alpha value is -0.200. The Morgan fingerprint density at radius 2 is 1.71 bits per heavy atom. The zero-order valence-electron chi connectivity index (χ0n) is 10.8. The topological polar surface area (TPSA) is 57.0 Å². The van der Waals surface area contributed by atoms with E-state index in [1.165, 1.54) is 0 Å². The zero-order valence-corrected chi connectivity index (χ0v) is 10.8. The number of hydrogen-bond donors (Lipinski definition) is 1. The van der Waals surface area contributed by atoms with Crippen molar-refractivity contribution in [1.82, 2.24) is 4.90 Å². The minimum Gasteiger partial charge on any atom is -0.377 e. The van der Waals surface area contributed by atoms with Crippen molar-refractivity contribution in [2.45, 2.75) is 37.3 Å². The van der Waals surface area contributed by atoms with Gasteiger partial charge in [0.15, 0.2) is 0 Å². The summed E-state index contributed by atoms with van der Waals surface area (Å²) in [6.45, 7) is 3.47. The zero-order chi connectivity index (χ0) is 12.3. The summed E-state index contributed by atoms with van der Waals surface area (Å²) < 4.78 is 16.7. The summed E-state index contributed by atoms with van der Waals surface area (Å²) in [6, 6.07) is 0. The molecule has 2 aliphatic rings. The van der Waals surface area contributed by atoms with Crippen LogP contribution in [-0.2, 0) is 14.2 Å². The van der Waals surface area contributed by atoms with Gasteiger partial charge in [0, 0.05) is 40.4 Å². The van der Waals surface area contributed by atoms with Crippen LogP contribution in [0.5, 0.6) is 0 Å². The van der Waals surface area contributed by atoms with E-state index in [0.717, 1.165) is 32.5 Å². The molecule has 0 spiro atoms. The minimum absolute atomic E-state index is 0.187. The van der Waals surface area contributed by atoms with Crippen molar-refractivity contribution in [3.8, 4) is 0 Å². The second-order valence-electron chi connectivity index (χ2n) is 4.96. The standard InChI is InChI=1S/C12H24N2O3/c1-15-11-7-14(8-12(11)16-2)6-10-4-3-9(5-13)17-10/h9-12H,3-8,13H2,1-2H3. The lowest BCUT2D eigenvalue weighted by Crippen LogP contribution is -2.32. The van der Waals surface area contributed by atoms with Crippen molar-refractivity contribution in [1.29, 1.82) is 0 Å². The van der Waals surface area contributed by atoms with E-state index < -0.39 is 0 Å². The predicted octanol–water partition coefficient (Wildman–Crippen LogP) is -0.162. The molecule has 0 bridgehead atoms. The van der Waals surface area contributed by atoms with Gasteiger partial charge in [-0.3, -0.25) is 4.90 Å². The van der Waals surface area contributed by atoms with Gasteiger partial charge in [-0.1, -0.05) is 0 Å². The molecule has 0 aliphatic carbocycles. The fourth-order valence-electron chi connectivity index (χ4n) is 2.80. The lowest BCUT2D eigenvalue weighted by molar-refractivity contribution is -0.00461. The monoisotopic (exact) mass is 244 g/mol. The van der Waals surface area contributed by atoms with Crippen LogP contribution in [0.25, 0.3) is 0 Å². The van der Waals surface area contributed by atoms with Crippen molar-refractivity contribution in [3.05, 3.63) is 0 Å². The van der Waals surface area contributed by atoms with Gasteiger partial charge in [0.1, 0.15) is 0 Å². The van der Waals surface area contributed by atoms with Gasteiger partial charge in [0.05, 0.1) is 24.4 Å². The molecule has 0 aromatic carbocycles. The van der Waals surface area contributed by atoms with Crippen LogP contribution in [0, 0.1) is 0 Å². The summed E-state index contributed by atoms with van der Waals surface area (Å²) in [7, 11) is 3.49. The van der Waals surface area contributed by atoms with Crippen LogP contribution in [0.3, 0.4) is 0 Å². The smallest absolute Gasteiger partial charge is 0.0971 e. The molecule has 2 aliphatic heterocycles. The van der Waals surface area contributed by atoms with Gasteiger partial charge in [-0.25, -0.2) is 0 Å². The number of nitrogens with two attached hydrogens (primary N) is 1. The van der Waals surface area contributed by atoms with E-state index in [2.05, 4.69) is 4.90 Å². The first kappa shape index (κ1) is 13.2. The average molecular weight is 244 g/mol. The van der Waals surface area contributed by atoms with Crippen LogP contribution in [0.1, 0.15) is 12.8 Å². The lowest BCUT2D eigenvalue weighted by atomic mass is 10.2. The van der Waals surface area contributed by atoms with Gasteiger partial charge in [-0.15, -0.1) is 0 Å². The van der Waals surface area contributed by atoms with Crippen LogP contribution < -0.4 is 5.73 Å². The van der Waals surface area contributed by atoms with Crippen molar-refractivity contribution in [3.63, 3.8) is 0 Å². The molecule has 5 nitrogen and oxygen atoms in total. The van der Waals surface area contributed by atoms with Crippen molar-refractivity contribution >= 4 is 0 Å². The van der Waals surface area contributed by atoms with E-state index in [-0.39, 0.29) is 18.3 Å². The third-order valence-electron chi connectivity index (χ3n) is 3.82. The summed E-state index contributed by atoms with van der Waals surface area (Å²) in [4.78, 5) is 2.37. The molecule has 2 rings (SSSR count). The van der Waals surface area contributed by atoms with Gasteiger partial charge >= 0.3 is 0 Å². The molecular formula is C12H24N2O3. The highest BCUT2D eigenvalue weighted by molar-refractivity contribution is 4.88. The van der Waals surface area contributed by atoms with Gasteiger partial charge in [0.2, 0.25) is 0 Å². The molecule has 5 heteroatoms. The molecular weight excluding hydrogens is 220 g/mol. The first-order chi connectivity index (χ1) is 8.26. The van der Waals surface area contributed by atoms with Gasteiger partial charge in [-0.2, -0.15) is 0 Å². The highest BCUT2D eigenvalue weighted by Gasteiger charge is 2.35. The first-order valence-electron chi connectivity index (χ1n) is 6.40. The quantitative estimate of drug-likeness (QED) is 0.728. The SMILES string of the molecule is COC1CN(CC2CCC(CN)O2)CC1OC. The molecule has 0 radical (unpaired) electrons. The summed E-state index contributed by atoms with van der Waals surface area (Å²) in [5, 5.41) is 0. The molecule has 17 heavy (non-hydrogen) atoms. The second-order valence-corrected chi connectivity index (χ2v) is 4.96. The molecule has 2 heterocycles. The molecule has 4 atom stereocenters. The Labute approximate surface area is 103 Å². The van der Waals surface area contributed by atoms with Crippen LogP contribution >= 0.6 is 0 Å². The van der Waals surface area contributed by atoms with E-state index in [0.29, 0.717) is 12.6 Å². The summed E-state index contributed by atoms with van der Waals surface area (Å²) in [6.07, 6.45) is 3.18. The van der Waals surface area contributed by atoms with E-state index in [4.69, 9.17) is 19.9 Å². The summed E-state index contributed by atoms with van der Waals surface area (Å²) >= 11 is 0. The molecule has 0 aromatic rings. The van der Waals surface area contributed by atoms with E-state index >= 15 is 0 Å². The maximum atomic E-state index is 5.86. The van der Waals surface area contributed by atoms with Gasteiger partial charge < -0.3 is 19.9 Å². The summed E-state index contributed by atoms with van der Waals surface area (Å²) in [5.41, 5.74) is 5.61. The number of likely N-dealkylation sites (tertiary alicyclic amines) is 1. The van der Waals surface area contributed by atoms with Crippen molar-refractivity contribution in [2.24, 2.45) is 5.73 Å². The minimum atomic E-state index is 0.187. The second kappa shape index (κ2) is 6.11. The number of rotatable bonds is 5. The predicted molar refractivity (Wildman–Crippen MR) is 65.0 cm³/mol. The Bertz CT molecular complexity index is 228. The van der Waals surface area contributed by atoms with Gasteiger partial charge in [-0.05, 0) is 12.8 Å². The molecule has 0 saturated carbocycles. The fourth-order valence-corrected chi connectivity index (χ4v) is 2.80. The van der Waals surface area contributed by atoms with E-state index in [1.54, 1.807) is 14.2 Å². The third-order valence-corrected chi connectivity index (χ3v) is 3.82. The number of ether oxygens (including phenoxy) is 3. The van der Waals surface area contributed by atoms with Crippen LogP contribution in [0.2, 0.25) is 0 Å². The van der Waals surface area contributed by atoms with Gasteiger partial charge in [0.25, 0.3) is 0 Å². The Morgan fingerprint density at radius 3 is 2.18 bits per heavy atom. The molecule has 0 aromatic heterocycles. The van der Waals surface area contributed by atoms with Crippen LogP contribution in [0.15, 0.2) is 0 Å². The van der Waals surface area contributed by atoms with E-state index in [1.807, 2.05) is 0 Å². The number of nitrogens with zero attached hydrogens (tertiary/aromatic N) is 1. The molecule has 0 amide bonds. The highest BCUT2D eigenvalue weighted by Crippen LogP contribution is 2.22.